The Morgan fingerprint density at radius 2 is 1.88 bits per heavy atom. The highest BCUT2D eigenvalue weighted by Gasteiger charge is 2.31. The van der Waals surface area contributed by atoms with E-state index in [0.717, 1.165) is 50.3 Å². The molecule has 1 saturated carbocycles. The van der Waals surface area contributed by atoms with Crippen molar-refractivity contribution in [2.75, 3.05) is 18.6 Å². The quantitative estimate of drug-likeness (QED) is 0.741. The number of piperidine rings is 1. The van der Waals surface area contributed by atoms with Gasteiger partial charge in [-0.25, -0.2) is 8.42 Å². The molecule has 0 spiro atoms. The van der Waals surface area contributed by atoms with Gasteiger partial charge in [0.1, 0.15) is 16.1 Å². The van der Waals surface area contributed by atoms with Crippen LogP contribution in [-0.4, -0.2) is 56.0 Å². The van der Waals surface area contributed by atoms with Gasteiger partial charge in [0.05, 0.1) is 17.5 Å². The van der Waals surface area contributed by atoms with Gasteiger partial charge in [-0.15, -0.1) is 0 Å². The molecule has 7 heteroatoms. The number of sulfone groups is 1. The molecule has 2 heterocycles. The molecule has 3 aliphatic rings. The highest BCUT2D eigenvalue weighted by Crippen LogP contribution is 2.28. The Labute approximate surface area is 151 Å². The summed E-state index contributed by atoms with van der Waals surface area (Å²) < 4.78 is 29.5. The number of hydrogen-bond acceptors (Lipinski definition) is 6. The van der Waals surface area contributed by atoms with Gasteiger partial charge in [-0.05, 0) is 63.5 Å². The van der Waals surface area contributed by atoms with Crippen LogP contribution in [0.3, 0.4) is 0 Å². The Hall–Kier alpha value is 0.180. The topological polar surface area (TPSA) is 67.4 Å². The summed E-state index contributed by atoms with van der Waals surface area (Å²) in [5.41, 5.74) is 0. The first kappa shape index (κ1) is 19.0. The molecule has 24 heavy (non-hydrogen) atoms. The van der Waals surface area contributed by atoms with E-state index in [1.165, 1.54) is 31.3 Å². The van der Waals surface area contributed by atoms with Gasteiger partial charge in [-0.2, -0.15) is 11.8 Å². The summed E-state index contributed by atoms with van der Waals surface area (Å²) in [5, 5.41) is 7.89. The van der Waals surface area contributed by atoms with Crippen molar-refractivity contribution in [2.45, 2.75) is 86.8 Å². The van der Waals surface area contributed by atoms with E-state index < -0.39 is 9.84 Å². The van der Waals surface area contributed by atoms with E-state index in [0.29, 0.717) is 6.17 Å². The summed E-state index contributed by atoms with van der Waals surface area (Å²) in [6, 6.07) is 0. The summed E-state index contributed by atoms with van der Waals surface area (Å²) in [6.45, 7) is 1.09. The average Bonchev–Trinajstić information content (AvgIpc) is 3.06. The molecule has 3 fully saturated rings. The van der Waals surface area contributed by atoms with Crippen molar-refractivity contribution in [1.82, 2.24) is 10.6 Å². The Balaban J connectivity index is 1.37. The van der Waals surface area contributed by atoms with Crippen molar-refractivity contribution in [3.05, 3.63) is 0 Å². The average molecular weight is 377 g/mol. The van der Waals surface area contributed by atoms with Gasteiger partial charge < -0.3 is 10.1 Å². The third kappa shape index (κ3) is 5.59. The number of thioether (sulfide) groups is 1. The molecule has 1 aliphatic carbocycles. The first-order valence-corrected chi connectivity index (χ1v) is 12.5. The molecule has 0 bridgehead atoms. The molecule has 5 nitrogen and oxygen atoms in total. The van der Waals surface area contributed by atoms with E-state index in [9.17, 15) is 8.42 Å². The molecule has 0 amide bonds. The van der Waals surface area contributed by atoms with Gasteiger partial charge in [0, 0.05) is 18.1 Å². The number of nitrogens with one attached hydrogen (secondary N) is 2. The number of hydrogen-bond donors (Lipinski definition) is 2. The molecule has 0 radical (unpaired) electrons. The SMILES string of the molecule is CS(=O)(=O)C1CCC(OC2CCCC(NCC3CCCS3)N2)CC1. The fourth-order valence-corrected chi connectivity index (χ4v) is 6.42. The fraction of sp³-hybridized carbons (Fsp3) is 1.00. The Morgan fingerprint density at radius 1 is 1.08 bits per heavy atom. The lowest BCUT2D eigenvalue weighted by molar-refractivity contribution is -0.0666. The summed E-state index contributed by atoms with van der Waals surface area (Å²) in [4.78, 5) is 0. The fourth-order valence-electron chi connectivity index (χ4n) is 4.07. The maximum Gasteiger partial charge on any atom is 0.150 e. The largest absolute Gasteiger partial charge is 0.360 e. The Kier molecular flexibility index (Phi) is 6.88. The monoisotopic (exact) mass is 376 g/mol. The standard InChI is InChI=1S/C17H32N2O3S2/c1-24(20,21)15-9-7-13(8-10-15)22-17-6-2-5-16(19-17)18-12-14-4-3-11-23-14/h13-19H,2-12H2,1H3. The van der Waals surface area contributed by atoms with Crippen molar-refractivity contribution < 1.29 is 13.2 Å². The van der Waals surface area contributed by atoms with Crippen LogP contribution in [0.5, 0.6) is 0 Å². The minimum Gasteiger partial charge on any atom is -0.360 e. The molecular formula is C17H32N2O3S2. The van der Waals surface area contributed by atoms with Crippen LogP contribution >= 0.6 is 11.8 Å². The molecule has 0 aromatic heterocycles. The summed E-state index contributed by atoms with van der Waals surface area (Å²) >= 11 is 2.09. The minimum atomic E-state index is -2.89. The highest BCUT2D eigenvalue weighted by atomic mass is 32.2. The van der Waals surface area contributed by atoms with Gasteiger partial charge in [-0.3, -0.25) is 5.32 Å². The molecular weight excluding hydrogens is 344 g/mol. The zero-order valence-corrected chi connectivity index (χ0v) is 16.3. The van der Waals surface area contributed by atoms with Crippen molar-refractivity contribution in [2.24, 2.45) is 0 Å². The van der Waals surface area contributed by atoms with Gasteiger partial charge >= 0.3 is 0 Å². The van der Waals surface area contributed by atoms with Crippen LogP contribution in [0.25, 0.3) is 0 Å². The second-order valence-electron chi connectivity index (χ2n) is 7.55. The van der Waals surface area contributed by atoms with Crippen LogP contribution in [0.2, 0.25) is 0 Å². The van der Waals surface area contributed by atoms with Crippen molar-refractivity contribution in [1.29, 1.82) is 0 Å². The predicted molar refractivity (Wildman–Crippen MR) is 100 cm³/mol. The molecule has 0 aromatic carbocycles. The van der Waals surface area contributed by atoms with Crippen molar-refractivity contribution >= 4 is 21.6 Å². The summed E-state index contributed by atoms with van der Waals surface area (Å²) in [5.74, 6) is 1.31. The van der Waals surface area contributed by atoms with E-state index in [-0.39, 0.29) is 17.6 Å². The molecule has 140 valence electrons. The second-order valence-corrected chi connectivity index (χ2v) is 11.3. The van der Waals surface area contributed by atoms with E-state index in [2.05, 4.69) is 22.4 Å². The van der Waals surface area contributed by atoms with E-state index >= 15 is 0 Å². The smallest absolute Gasteiger partial charge is 0.150 e. The highest BCUT2D eigenvalue weighted by molar-refractivity contribution is 8.00. The van der Waals surface area contributed by atoms with Crippen molar-refractivity contribution in [3.63, 3.8) is 0 Å². The van der Waals surface area contributed by atoms with E-state index in [1.807, 2.05) is 0 Å². The number of rotatable bonds is 6. The molecule has 3 atom stereocenters. The van der Waals surface area contributed by atoms with E-state index in [4.69, 9.17) is 4.74 Å². The third-order valence-corrected chi connectivity index (χ3v) is 8.63. The van der Waals surface area contributed by atoms with Gasteiger partial charge in [0.2, 0.25) is 0 Å². The minimum absolute atomic E-state index is 0.118. The Morgan fingerprint density at radius 3 is 2.54 bits per heavy atom. The number of ether oxygens (including phenoxy) is 1. The predicted octanol–water partition coefficient (Wildman–Crippen LogP) is 2.27. The first-order chi connectivity index (χ1) is 11.5. The normalized spacial score (nSPS) is 38.3. The lowest BCUT2D eigenvalue weighted by Gasteiger charge is -2.36. The van der Waals surface area contributed by atoms with Crippen LogP contribution in [0.1, 0.15) is 57.8 Å². The zero-order valence-electron chi connectivity index (χ0n) is 14.7. The lowest BCUT2D eigenvalue weighted by Crippen LogP contribution is -2.53. The van der Waals surface area contributed by atoms with Crippen LogP contribution in [0.4, 0.5) is 0 Å². The van der Waals surface area contributed by atoms with Crippen molar-refractivity contribution in [3.8, 4) is 0 Å². The van der Waals surface area contributed by atoms with Crippen LogP contribution in [0.15, 0.2) is 0 Å². The molecule has 3 unspecified atom stereocenters. The van der Waals surface area contributed by atoms with Crippen LogP contribution in [-0.2, 0) is 14.6 Å². The molecule has 0 aromatic rings. The maximum atomic E-state index is 11.6. The lowest BCUT2D eigenvalue weighted by atomic mass is 9.97. The summed E-state index contributed by atoms with van der Waals surface area (Å²) in [7, 11) is -2.89. The maximum absolute atomic E-state index is 11.6. The third-order valence-electron chi connectivity index (χ3n) is 5.55. The Bertz CT molecular complexity index is 486. The van der Waals surface area contributed by atoms with Gasteiger partial charge in [0.15, 0.2) is 0 Å². The van der Waals surface area contributed by atoms with Gasteiger partial charge in [0.25, 0.3) is 0 Å². The molecule has 3 rings (SSSR count). The van der Waals surface area contributed by atoms with Crippen LogP contribution in [0, 0.1) is 0 Å². The molecule has 2 saturated heterocycles. The van der Waals surface area contributed by atoms with Crippen LogP contribution < -0.4 is 10.6 Å². The van der Waals surface area contributed by atoms with E-state index in [1.54, 1.807) is 0 Å². The first-order valence-electron chi connectivity index (χ1n) is 9.46. The molecule has 2 aliphatic heterocycles. The second kappa shape index (κ2) is 8.71. The summed E-state index contributed by atoms with van der Waals surface area (Å²) in [6.07, 6.45) is 11.4. The van der Waals surface area contributed by atoms with Gasteiger partial charge in [-0.1, -0.05) is 0 Å². The zero-order chi connectivity index (χ0) is 17.0. The molecule has 2 N–H and O–H groups in total.